The van der Waals surface area contributed by atoms with Gasteiger partial charge in [-0.1, -0.05) is 25.0 Å². The van der Waals surface area contributed by atoms with Crippen molar-refractivity contribution in [1.29, 1.82) is 5.26 Å². The number of H-pyrrole nitrogens is 1. The predicted octanol–water partition coefficient (Wildman–Crippen LogP) is 4.19. The Kier molecular flexibility index (Phi) is 7.83. The van der Waals surface area contributed by atoms with E-state index in [0.29, 0.717) is 52.8 Å². The topological polar surface area (TPSA) is 117 Å². The molecule has 1 aromatic carbocycles. The Labute approximate surface area is 197 Å². The van der Waals surface area contributed by atoms with Gasteiger partial charge in [-0.3, -0.25) is 9.47 Å². The van der Waals surface area contributed by atoms with E-state index >= 15 is 0 Å². The molecule has 0 spiro atoms. The van der Waals surface area contributed by atoms with E-state index in [1.54, 1.807) is 23.1 Å². The van der Waals surface area contributed by atoms with Crippen LogP contribution >= 0.6 is 0 Å². The lowest BCUT2D eigenvalue weighted by Gasteiger charge is -2.22. The summed E-state index contributed by atoms with van der Waals surface area (Å²) in [5.74, 6) is 2.56. The van der Waals surface area contributed by atoms with Crippen molar-refractivity contribution in [2.45, 2.75) is 33.2 Å². The van der Waals surface area contributed by atoms with Crippen LogP contribution in [-0.4, -0.2) is 26.1 Å². The van der Waals surface area contributed by atoms with Crippen LogP contribution in [0.5, 0.6) is 0 Å². The molecule has 174 valence electrons. The van der Waals surface area contributed by atoms with Gasteiger partial charge in [0, 0.05) is 12.5 Å². The standard InChI is InChI=1S/C25H26FN7O/c1-4-7-8-19(18(6-3)13-26)16-33-23-21(30-25(33)34)15-29-24(31-23)32(11-5-2)22-12-17(14-27)9-10-20(22)28/h2,4,7,9-10,12-13,15,19H,6,8,11,16,28H2,1,3H3,(H,30,34)/b7-4-,18-13+. The SMILES string of the molecule is C#CCN(c1ncc2[nH]c(=O)n(CC(C/C=C\C)/C(=C/F)CC)c2n1)c1cc(C#N)ccc1N. The monoisotopic (exact) mass is 459 g/mol. The summed E-state index contributed by atoms with van der Waals surface area (Å²) < 4.78 is 15.0. The number of nitrogens with one attached hydrogen (secondary N) is 1. The molecule has 0 radical (unpaired) electrons. The molecule has 8 nitrogen and oxygen atoms in total. The molecule has 0 bridgehead atoms. The number of hydrogen-bond acceptors (Lipinski definition) is 6. The predicted molar refractivity (Wildman–Crippen MR) is 132 cm³/mol. The number of terminal acetylenes is 1. The molecule has 0 saturated heterocycles. The highest BCUT2D eigenvalue weighted by Gasteiger charge is 2.20. The molecule has 0 aliphatic heterocycles. The number of nitrogen functional groups attached to an aromatic ring is 1. The minimum absolute atomic E-state index is 0.0910. The zero-order valence-corrected chi connectivity index (χ0v) is 19.1. The van der Waals surface area contributed by atoms with E-state index in [2.05, 4.69) is 26.9 Å². The lowest BCUT2D eigenvalue weighted by atomic mass is 9.94. The third kappa shape index (κ3) is 5.00. The lowest BCUT2D eigenvalue weighted by Crippen LogP contribution is -2.24. The lowest BCUT2D eigenvalue weighted by molar-refractivity contribution is 0.485. The van der Waals surface area contributed by atoms with Gasteiger partial charge in [0.25, 0.3) is 0 Å². The van der Waals surface area contributed by atoms with Crippen LogP contribution in [0.2, 0.25) is 0 Å². The molecule has 0 aliphatic carbocycles. The fourth-order valence-electron chi connectivity index (χ4n) is 3.76. The summed E-state index contributed by atoms with van der Waals surface area (Å²) in [6.45, 7) is 4.11. The molecule has 3 rings (SSSR count). The largest absolute Gasteiger partial charge is 0.397 e. The third-order valence-electron chi connectivity index (χ3n) is 5.57. The van der Waals surface area contributed by atoms with E-state index in [9.17, 15) is 14.4 Å². The number of nitriles is 1. The van der Waals surface area contributed by atoms with Gasteiger partial charge in [-0.05, 0) is 43.5 Å². The van der Waals surface area contributed by atoms with Crippen molar-refractivity contribution in [2.75, 3.05) is 17.2 Å². The molecule has 34 heavy (non-hydrogen) atoms. The summed E-state index contributed by atoms with van der Waals surface area (Å²) >= 11 is 0. The molecule has 1 atom stereocenters. The molecule has 3 N–H and O–H groups in total. The highest BCUT2D eigenvalue weighted by molar-refractivity contribution is 5.77. The second-order valence-electron chi connectivity index (χ2n) is 7.66. The second kappa shape index (κ2) is 11.0. The summed E-state index contributed by atoms with van der Waals surface area (Å²) in [4.78, 5) is 26.1. The Bertz CT molecular complexity index is 1370. The van der Waals surface area contributed by atoms with Gasteiger partial charge in [0.15, 0.2) is 5.65 Å². The average molecular weight is 460 g/mol. The molecular weight excluding hydrogens is 433 g/mol. The highest BCUT2D eigenvalue weighted by Crippen LogP contribution is 2.30. The number of rotatable bonds is 9. The molecular formula is C25H26FN7O. The number of anilines is 3. The number of aromatic nitrogens is 4. The first-order chi connectivity index (χ1) is 16.5. The number of nitrogens with two attached hydrogens (primary N) is 1. The van der Waals surface area contributed by atoms with E-state index < -0.39 is 0 Å². The highest BCUT2D eigenvalue weighted by atomic mass is 19.1. The van der Waals surface area contributed by atoms with Crippen LogP contribution in [0.3, 0.4) is 0 Å². The number of fused-ring (bicyclic) bond motifs is 1. The van der Waals surface area contributed by atoms with Crippen LogP contribution in [0.25, 0.3) is 11.2 Å². The van der Waals surface area contributed by atoms with Crippen LogP contribution in [0.4, 0.5) is 21.7 Å². The van der Waals surface area contributed by atoms with Gasteiger partial charge in [-0.15, -0.1) is 6.42 Å². The number of imidazole rings is 1. The first kappa shape index (κ1) is 24.3. The Morgan fingerprint density at radius 1 is 1.47 bits per heavy atom. The number of hydrogen-bond donors (Lipinski definition) is 2. The van der Waals surface area contributed by atoms with Gasteiger partial charge in [-0.25, -0.2) is 14.2 Å². The molecule has 2 aromatic heterocycles. The number of allylic oxidation sites excluding steroid dienone is 3. The van der Waals surface area contributed by atoms with Crippen molar-refractivity contribution < 1.29 is 4.39 Å². The van der Waals surface area contributed by atoms with Crippen molar-refractivity contribution >= 4 is 28.5 Å². The Morgan fingerprint density at radius 3 is 2.91 bits per heavy atom. The summed E-state index contributed by atoms with van der Waals surface area (Å²) in [5, 5.41) is 9.29. The van der Waals surface area contributed by atoms with Gasteiger partial charge in [0.1, 0.15) is 5.52 Å². The Hall–Kier alpha value is -4.37. The Balaban J connectivity index is 2.12. The summed E-state index contributed by atoms with van der Waals surface area (Å²) in [5.41, 5.74) is 8.50. The van der Waals surface area contributed by atoms with Crippen LogP contribution in [0, 0.1) is 29.6 Å². The molecule has 1 unspecified atom stereocenters. The molecule has 3 aromatic rings. The molecule has 2 heterocycles. The minimum atomic E-state index is -0.365. The maximum absolute atomic E-state index is 13.6. The van der Waals surface area contributed by atoms with Crippen LogP contribution in [0.1, 0.15) is 32.3 Å². The Morgan fingerprint density at radius 2 is 2.26 bits per heavy atom. The van der Waals surface area contributed by atoms with Crippen LogP contribution in [-0.2, 0) is 6.54 Å². The molecule has 0 saturated carbocycles. The van der Waals surface area contributed by atoms with Crippen LogP contribution in [0.15, 0.2) is 53.2 Å². The van der Waals surface area contributed by atoms with Crippen molar-refractivity contribution in [1.82, 2.24) is 19.5 Å². The first-order valence-electron chi connectivity index (χ1n) is 10.8. The quantitative estimate of drug-likeness (QED) is 0.282. The van der Waals surface area contributed by atoms with E-state index in [-0.39, 0.29) is 30.6 Å². The van der Waals surface area contributed by atoms with Crippen molar-refractivity contribution in [2.24, 2.45) is 5.92 Å². The number of halogens is 1. The molecule has 0 fully saturated rings. The zero-order valence-electron chi connectivity index (χ0n) is 19.1. The summed E-state index contributed by atoms with van der Waals surface area (Å²) in [6.07, 6.45) is 12.7. The van der Waals surface area contributed by atoms with Crippen molar-refractivity contribution in [3.05, 3.63) is 64.5 Å². The second-order valence-corrected chi connectivity index (χ2v) is 7.66. The third-order valence-corrected chi connectivity index (χ3v) is 5.57. The first-order valence-corrected chi connectivity index (χ1v) is 10.8. The van der Waals surface area contributed by atoms with Gasteiger partial charge >= 0.3 is 5.69 Å². The van der Waals surface area contributed by atoms with Crippen molar-refractivity contribution in [3.8, 4) is 18.4 Å². The maximum atomic E-state index is 13.6. The van der Waals surface area contributed by atoms with E-state index in [4.69, 9.17) is 12.2 Å². The van der Waals surface area contributed by atoms with E-state index in [0.717, 1.165) is 0 Å². The summed E-state index contributed by atoms with van der Waals surface area (Å²) in [7, 11) is 0. The van der Waals surface area contributed by atoms with Gasteiger partial charge < -0.3 is 10.7 Å². The number of aromatic amines is 1. The zero-order chi connectivity index (χ0) is 24.7. The van der Waals surface area contributed by atoms with E-state index in [1.165, 1.54) is 10.8 Å². The normalized spacial score (nSPS) is 12.6. The van der Waals surface area contributed by atoms with Gasteiger partial charge in [0.05, 0.1) is 42.1 Å². The molecule has 0 amide bonds. The summed E-state index contributed by atoms with van der Waals surface area (Å²) in [6, 6.07) is 6.91. The fourth-order valence-corrected chi connectivity index (χ4v) is 3.76. The van der Waals surface area contributed by atoms with Crippen LogP contribution < -0.4 is 16.3 Å². The molecule has 0 aliphatic rings. The van der Waals surface area contributed by atoms with Gasteiger partial charge in [0.2, 0.25) is 5.95 Å². The average Bonchev–Trinajstić information content (AvgIpc) is 3.16. The fraction of sp³-hybridized carbons (Fsp3) is 0.280. The minimum Gasteiger partial charge on any atom is -0.397 e. The number of benzene rings is 1. The van der Waals surface area contributed by atoms with E-state index in [1.807, 2.05) is 26.0 Å². The van der Waals surface area contributed by atoms with Gasteiger partial charge in [-0.2, -0.15) is 10.2 Å². The van der Waals surface area contributed by atoms with Crippen molar-refractivity contribution in [3.63, 3.8) is 0 Å². The smallest absolute Gasteiger partial charge is 0.327 e. The number of nitrogens with zero attached hydrogens (tertiary/aromatic N) is 5. The molecule has 9 heteroatoms. The maximum Gasteiger partial charge on any atom is 0.327 e.